The molecule has 0 radical (unpaired) electrons. The summed E-state index contributed by atoms with van der Waals surface area (Å²) in [6.07, 6.45) is 3.38. The number of sulfonamides is 1. The van der Waals surface area contributed by atoms with Crippen molar-refractivity contribution < 1.29 is 18.3 Å². The van der Waals surface area contributed by atoms with Crippen LogP contribution < -0.4 is 9.46 Å². The van der Waals surface area contributed by atoms with Crippen LogP contribution in [0.2, 0.25) is 0 Å². The van der Waals surface area contributed by atoms with E-state index in [1.807, 2.05) is 0 Å². The highest BCUT2D eigenvalue weighted by molar-refractivity contribution is 7.92. The first-order valence-electron chi connectivity index (χ1n) is 5.37. The number of nitrogens with one attached hydrogen (secondary N) is 1. The third kappa shape index (κ3) is 3.81. The van der Waals surface area contributed by atoms with E-state index in [4.69, 9.17) is 4.74 Å². The largest absolute Gasteiger partial charge is 0.504 e. The number of benzene rings is 1. The zero-order chi connectivity index (χ0) is 12.5. The number of phenolic OH excluding ortho intramolecular Hbond substituents is 1. The molecule has 0 unspecified atom stereocenters. The van der Waals surface area contributed by atoms with E-state index >= 15 is 0 Å². The minimum atomic E-state index is -3.31. The van der Waals surface area contributed by atoms with Gasteiger partial charge in [0.05, 0.1) is 18.6 Å². The Balaban J connectivity index is 2.10. The number of ether oxygens (including phenoxy) is 1. The van der Waals surface area contributed by atoms with Crippen molar-refractivity contribution in [2.45, 2.75) is 12.8 Å². The zero-order valence-electron chi connectivity index (χ0n) is 9.51. The average molecular weight is 257 g/mol. The van der Waals surface area contributed by atoms with Gasteiger partial charge in [0.2, 0.25) is 10.0 Å². The molecule has 1 aromatic carbocycles. The van der Waals surface area contributed by atoms with Crippen LogP contribution in [-0.2, 0) is 10.0 Å². The van der Waals surface area contributed by atoms with Crippen molar-refractivity contribution in [2.75, 3.05) is 17.6 Å². The van der Waals surface area contributed by atoms with Gasteiger partial charge in [0, 0.05) is 6.07 Å². The Hall–Kier alpha value is -1.43. The fourth-order valence-corrected chi connectivity index (χ4v) is 1.95. The molecular formula is C11H15NO4S. The van der Waals surface area contributed by atoms with Crippen LogP contribution in [0.15, 0.2) is 18.2 Å². The van der Waals surface area contributed by atoms with Gasteiger partial charge in [0.25, 0.3) is 0 Å². The second kappa shape index (κ2) is 4.44. The second-order valence-electron chi connectivity index (χ2n) is 4.31. The Bertz CT molecular complexity index is 508. The zero-order valence-corrected chi connectivity index (χ0v) is 10.3. The molecular weight excluding hydrogens is 242 g/mol. The van der Waals surface area contributed by atoms with Gasteiger partial charge in [-0.1, -0.05) is 0 Å². The number of anilines is 1. The lowest BCUT2D eigenvalue weighted by Crippen LogP contribution is -2.09. The van der Waals surface area contributed by atoms with Gasteiger partial charge in [-0.25, -0.2) is 8.42 Å². The maximum Gasteiger partial charge on any atom is 0.229 e. The third-order valence-electron chi connectivity index (χ3n) is 2.43. The highest BCUT2D eigenvalue weighted by atomic mass is 32.2. The molecule has 1 aliphatic rings. The lowest BCUT2D eigenvalue weighted by Gasteiger charge is -2.10. The van der Waals surface area contributed by atoms with E-state index in [2.05, 4.69) is 4.72 Å². The van der Waals surface area contributed by atoms with Crippen LogP contribution in [0.25, 0.3) is 0 Å². The van der Waals surface area contributed by atoms with Gasteiger partial charge >= 0.3 is 0 Å². The molecule has 0 saturated heterocycles. The molecule has 0 bridgehead atoms. The van der Waals surface area contributed by atoms with Gasteiger partial charge < -0.3 is 9.84 Å². The molecule has 1 fully saturated rings. The van der Waals surface area contributed by atoms with Crippen molar-refractivity contribution in [2.24, 2.45) is 5.92 Å². The van der Waals surface area contributed by atoms with Crippen LogP contribution in [0.1, 0.15) is 12.8 Å². The molecule has 2 rings (SSSR count). The van der Waals surface area contributed by atoms with E-state index in [-0.39, 0.29) is 5.75 Å². The van der Waals surface area contributed by atoms with Crippen LogP contribution in [-0.4, -0.2) is 26.4 Å². The van der Waals surface area contributed by atoms with Gasteiger partial charge in [0.15, 0.2) is 11.5 Å². The summed E-state index contributed by atoms with van der Waals surface area (Å²) in [7, 11) is -3.31. The molecule has 1 aliphatic carbocycles. The van der Waals surface area contributed by atoms with Crippen molar-refractivity contribution in [1.82, 2.24) is 0 Å². The normalized spacial score (nSPS) is 15.6. The number of rotatable bonds is 5. The van der Waals surface area contributed by atoms with Gasteiger partial charge in [0.1, 0.15) is 0 Å². The lowest BCUT2D eigenvalue weighted by molar-refractivity contribution is 0.284. The number of aromatic hydroxyl groups is 1. The highest BCUT2D eigenvalue weighted by Crippen LogP contribution is 2.33. The predicted molar refractivity (Wildman–Crippen MR) is 64.8 cm³/mol. The molecule has 94 valence electrons. The van der Waals surface area contributed by atoms with Crippen LogP contribution in [0.3, 0.4) is 0 Å². The van der Waals surface area contributed by atoms with Crippen molar-refractivity contribution >= 4 is 15.7 Å². The minimum absolute atomic E-state index is 0.0182. The summed E-state index contributed by atoms with van der Waals surface area (Å²) >= 11 is 0. The number of hydrogen-bond donors (Lipinski definition) is 2. The summed E-state index contributed by atoms with van der Waals surface area (Å²) in [6.45, 7) is 0.565. The molecule has 0 aromatic heterocycles. The summed E-state index contributed by atoms with van der Waals surface area (Å²) < 4.78 is 29.9. The fraction of sp³-hybridized carbons (Fsp3) is 0.455. The van der Waals surface area contributed by atoms with E-state index in [1.165, 1.54) is 18.2 Å². The summed E-state index contributed by atoms with van der Waals surface area (Å²) in [5.74, 6) is 0.899. The van der Waals surface area contributed by atoms with E-state index < -0.39 is 10.0 Å². The van der Waals surface area contributed by atoms with E-state index in [0.717, 1.165) is 19.1 Å². The molecule has 0 spiro atoms. The van der Waals surface area contributed by atoms with Crippen LogP contribution >= 0.6 is 0 Å². The van der Waals surface area contributed by atoms with Gasteiger partial charge in [-0.15, -0.1) is 0 Å². The van der Waals surface area contributed by atoms with E-state index in [9.17, 15) is 13.5 Å². The van der Waals surface area contributed by atoms with Crippen LogP contribution in [0.4, 0.5) is 5.69 Å². The van der Waals surface area contributed by atoms with Crippen LogP contribution in [0.5, 0.6) is 11.5 Å². The van der Waals surface area contributed by atoms with Gasteiger partial charge in [-0.2, -0.15) is 0 Å². The highest BCUT2D eigenvalue weighted by Gasteiger charge is 2.22. The molecule has 17 heavy (non-hydrogen) atoms. The molecule has 1 aromatic rings. The van der Waals surface area contributed by atoms with E-state index in [1.54, 1.807) is 0 Å². The summed E-state index contributed by atoms with van der Waals surface area (Å²) in [5, 5.41) is 9.56. The van der Waals surface area contributed by atoms with Gasteiger partial charge in [-0.05, 0) is 30.9 Å². The molecule has 1 saturated carbocycles. The maximum atomic E-state index is 11.1. The summed E-state index contributed by atoms with van der Waals surface area (Å²) in [6, 6.07) is 4.38. The monoisotopic (exact) mass is 257 g/mol. The second-order valence-corrected chi connectivity index (χ2v) is 6.06. The molecule has 6 heteroatoms. The molecule has 0 amide bonds. The predicted octanol–water partition coefficient (Wildman–Crippen LogP) is 1.55. The Morgan fingerprint density at radius 3 is 2.76 bits per heavy atom. The van der Waals surface area contributed by atoms with Crippen molar-refractivity contribution in [1.29, 1.82) is 0 Å². The fourth-order valence-electron chi connectivity index (χ4n) is 1.40. The SMILES string of the molecule is CS(=O)(=O)Nc1ccc(O)c(OCC2CC2)c1. The van der Waals surface area contributed by atoms with Gasteiger partial charge in [-0.3, -0.25) is 4.72 Å². The minimum Gasteiger partial charge on any atom is -0.504 e. The molecule has 0 aliphatic heterocycles. The first-order chi connectivity index (χ1) is 7.94. The molecule has 5 nitrogen and oxygen atoms in total. The van der Waals surface area contributed by atoms with E-state index in [0.29, 0.717) is 24.0 Å². The molecule has 0 atom stereocenters. The Labute approximate surface area is 100 Å². The quantitative estimate of drug-likeness (QED) is 0.785. The topological polar surface area (TPSA) is 75.6 Å². The third-order valence-corrected chi connectivity index (χ3v) is 3.04. The average Bonchev–Trinajstić information content (AvgIpc) is 3.00. The standard InChI is InChI=1S/C11H15NO4S/c1-17(14,15)12-9-4-5-10(13)11(6-9)16-7-8-2-3-8/h4-6,8,12-13H,2-3,7H2,1H3. The maximum absolute atomic E-state index is 11.1. The van der Waals surface area contributed by atoms with Crippen molar-refractivity contribution in [3.63, 3.8) is 0 Å². The number of phenols is 1. The summed E-state index contributed by atoms with van der Waals surface area (Å²) in [5.41, 5.74) is 0.385. The summed E-state index contributed by atoms with van der Waals surface area (Å²) in [4.78, 5) is 0. The van der Waals surface area contributed by atoms with Crippen molar-refractivity contribution in [3.8, 4) is 11.5 Å². The smallest absolute Gasteiger partial charge is 0.229 e. The Morgan fingerprint density at radius 1 is 1.47 bits per heavy atom. The Morgan fingerprint density at radius 2 is 2.18 bits per heavy atom. The van der Waals surface area contributed by atoms with Crippen molar-refractivity contribution in [3.05, 3.63) is 18.2 Å². The first kappa shape index (κ1) is 12.0. The molecule has 0 heterocycles. The Kier molecular flexibility index (Phi) is 3.15. The lowest BCUT2D eigenvalue weighted by atomic mass is 10.3. The first-order valence-corrected chi connectivity index (χ1v) is 7.27. The molecule has 2 N–H and O–H groups in total. The number of hydrogen-bond acceptors (Lipinski definition) is 4. The van der Waals surface area contributed by atoms with Crippen LogP contribution in [0, 0.1) is 5.92 Å².